The molecule has 1 fully saturated rings. The number of aromatic nitrogens is 2. The van der Waals surface area contributed by atoms with Crippen LogP contribution in [0, 0.1) is 0 Å². The molecule has 0 saturated carbocycles. The second-order valence-corrected chi connectivity index (χ2v) is 4.45. The van der Waals surface area contributed by atoms with Gasteiger partial charge in [-0.25, -0.2) is 14.7 Å². The van der Waals surface area contributed by atoms with E-state index in [2.05, 4.69) is 9.98 Å². The molecule has 9 heteroatoms. The highest BCUT2D eigenvalue weighted by Gasteiger charge is 2.46. The summed E-state index contributed by atoms with van der Waals surface area (Å²) in [6, 6.07) is 0. The molecule has 0 amide bonds. The number of rotatable bonds is 2. The molecule has 3 rings (SSSR count). The van der Waals surface area contributed by atoms with Crippen LogP contribution in [-0.4, -0.2) is 68.6 Å². The zero-order valence-corrected chi connectivity index (χ0v) is 9.99. The van der Waals surface area contributed by atoms with Crippen LogP contribution in [0.2, 0.25) is 0 Å². The molecule has 0 radical (unpaired) electrons. The number of aliphatic imine (C=N–C) groups is 1. The minimum Gasteiger partial charge on any atom is -0.394 e. The fourth-order valence-electron chi connectivity index (χ4n) is 2.30. The zero-order chi connectivity index (χ0) is 13.6. The average molecular weight is 269 g/mol. The van der Waals surface area contributed by atoms with Crippen molar-refractivity contribution in [2.45, 2.75) is 24.5 Å². The molecule has 1 aromatic heterocycles. The van der Waals surface area contributed by atoms with Gasteiger partial charge in [0.05, 0.1) is 6.61 Å². The number of imidazole rings is 1. The third-order valence-electron chi connectivity index (χ3n) is 3.32. The number of nitrogens with zero attached hydrogens (tertiary/aromatic N) is 4. The van der Waals surface area contributed by atoms with Gasteiger partial charge in [-0.05, 0) is 0 Å². The maximum absolute atomic E-state index is 10.00. The van der Waals surface area contributed by atoms with Crippen LogP contribution in [0.25, 0.3) is 0 Å². The summed E-state index contributed by atoms with van der Waals surface area (Å²) in [6.45, 7) is -0.202. The molecule has 4 atom stereocenters. The molecule has 1 saturated heterocycles. The second kappa shape index (κ2) is 4.46. The number of hydrogen-bond donors (Lipinski definition) is 4. The van der Waals surface area contributed by atoms with E-state index in [4.69, 9.17) is 15.6 Å². The van der Waals surface area contributed by atoms with E-state index in [-0.39, 0.29) is 13.3 Å². The molecule has 0 aromatic carbocycles. The maximum atomic E-state index is 10.00. The minimum absolute atomic E-state index is 0.168. The van der Waals surface area contributed by atoms with Crippen molar-refractivity contribution >= 4 is 5.84 Å². The molecule has 5 N–H and O–H groups in total. The van der Waals surface area contributed by atoms with Gasteiger partial charge in [0.15, 0.2) is 17.9 Å². The van der Waals surface area contributed by atoms with Gasteiger partial charge in [0.2, 0.25) is 0 Å². The van der Waals surface area contributed by atoms with E-state index >= 15 is 0 Å². The third-order valence-corrected chi connectivity index (χ3v) is 3.32. The van der Waals surface area contributed by atoms with E-state index in [9.17, 15) is 10.2 Å². The van der Waals surface area contributed by atoms with Gasteiger partial charge in [-0.3, -0.25) is 5.01 Å². The monoisotopic (exact) mass is 269 g/mol. The number of aliphatic hydroxyl groups excluding tert-OH is 3. The number of hydrogen-bond acceptors (Lipinski definition) is 8. The molecule has 3 heterocycles. The van der Waals surface area contributed by atoms with E-state index < -0.39 is 24.5 Å². The Kier molecular flexibility index (Phi) is 2.90. The third kappa shape index (κ3) is 1.78. The van der Waals surface area contributed by atoms with Crippen molar-refractivity contribution in [1.29, 1.82) is 0 Å². The predicted octanol–water partition coefficient (Wildman–Crippen LogP) is -3.06. The molecular weight excluding hydrogens is 254 g/mol. The number of amidine groups is 1. The van der Waals surface area contributed by atoms with Crippen LogP contribution in [-0.2, 0) is 4.74 Å². The number of fused-ring (bicyclic) bond motifs is 1. The lowest BCUT2D eigenvalue weighted by Crippen LogP contribution is -2.53. The molecule has 1 unspecified atom stereocenters. The predicted molar refractivity (Wildman–Crippen MR) is 63.8 cm³/mol. The van der Waals surface area contributed by atoms with Gasteiger partial charge in [0.25, 0.3) is 0 Å². The molecule has 0 aliphatic carbocycles. The van der Waals surface area contributed by atoms with Gasteiger partial charge >= 0.3 is 0 Å². The summed E-state index contributed by atoms with van der Waals surface area (Å²) < 4.78 is 7.07. The summed E-state index contributed by atoms with van der Waals surface area (Å²) >= 11 is 0. The van der Waals surface area contributed by atoms with Crippen molar-refractivity contribution in [1.82, 2.24) is 9.66 Å². The van der Waals surface area contributed by atoms with Gasteiger partial charge < -0.3 is 25.8 Å². The Balaban J connectivity index is 1.89. The Hall–Kier alpha value is -1.68. The summed E-state index contributed by atoms with van der Waals surface area (Å²) in [5, 5.41) is 30.4. The SMILES string of the molecule is NC1=NCN(C2O[C@H](CO)[C@@H](O)[C@H]2O)n2ccnc21. The smallest absolute Gasteiger partial charge is 0.194 e. The van der Waals surface area contributed by atoms with Crippen molar-refractivity contribution in [3.05, 3.63) is 18.2 Å². The van der Waals surface area contributed by atoms with Crippen molar-refractivity contribution in [3.63, 3.8) is 0 Å². The van der Waals surface area contributed by atoms with E-state index in [0.717, 1.165) is 0 Å². The molecule has 9 nitrogen and oxygen atoms in total. The van der Waals surface area contributed by atoms with Crippen molar-refractivity contribution < 1.29 is 20.1 Å². The first kappa shape index (κ1) is 12.4. The van der Waals surface area contributed by atoms with Gasteiger partial charge in [-0.15, -0.1) is 0 Å². The van der Waals surface area contributed by atoms with E-state index in [1.54, 1.807) is 22.1 Å². The molecule has 19 heavy (non-hydrogen) atoms. The van der Waals surface area contributed by atoms with Crippen LogP contribution in [0.3, 0.4) is 0 Å². The van der Waals surface area contributed by atoms with Crippen LogP contribution in [0.1, 0.15) is 5.82 Å². The normalized spacial score (nSPS) is 34.3. The topological polar surface area (TPSA) is 129 Å². The Bertz CT molecular complexity index is 504. The summed E-state index contributed by atoms with van der Waals surface area (Å²) in [5.74, 6) is 0.747. The fourth-order valence-corrected chi connectivity index (χ4v) is 2.30. The Morgan fingerprint density at radius 1 is 1.42 bits per heavy atom. The van der Waals surface area contributed by atoms with Crippen LogP contribution >= 0.6 is 0 Å². The standard InChI is InChI=1S/C10H15N5O4/c11-8-9-12-1-2-14(9)15(4-13-8)10-7(18)6(17)5(3-16)19-10/h1-2,5-7,10,16-18H,3-4H2,(H2,11,13)/t5-,6-,7-,10?/m1/s1. The number of aliphatic hydroxyl groups is 3. The van der Waals surface area contributed by atoms with Gasteiger partial charge in [-0.2, -0.15) is 0 Å². The first-order chi connectivity index (χ1) is 9.13. The molecular formula is C10H15N5O4. The van der Waals surface area contributed by atoms with E-state index in [1.165, 1.54) is 0 Å². The lowest BCUT2D eigenvalue weighted by atomic mass is 10.1. The summed E-state index contributed by atoms with van der Waals surface area (Å²) in [4.78, 5) is 8.14. The Morgan fingerprint density at radius 3 is 2.89 bits per heavy atom. The highest BCUT2D eigenvalue weighted by atomic mass is 16.6. The molecule has 2 aliphatic rings. The summed E-state index contributed by atoms with van der Waals surface area (Å²) in [7, 11) is 0. The average Bonchev–Trinajstić information content (AvgIpc) is 2.99. The van der Waals surface area contributed by atoms with Crippen molar-refractivity contribution in [2.75, 3.05) is 18.3 Å². The first-order valence-corrected chi connectivity index (χ1v) is 5.86. The Labute approximate surface area is 108 Å². The van der Waals surface area contributed by atoms with Crippen LogP contribution in [0.5, 0.6) is 0 Å². The van der Waals surface area contributed by atoms with Gasteiger partial charge in [-0.1, -0.05) is 0 Å². The molecule has 1 aromatic rings. The quantitative estimate of drug-likeness (QED) is 0.448. The number of nitrogens with two attached hydrogens (primary N) is 1. The molecule has 0 spiro atoms. The highest BCUT2D eigenvalue weighted by molar-refractivity contribution is 5.95. The fraction of sp³-hybridized carbons (Fsp3) is 0.600. The van der Waals surface area contributed by atoms with Crippen molar-refractivity contribution in [2.24, 2.45) is 10.7 Å². The van der Waals surface area contributed by atoms with Crippen molar-refractivity contribution in [3.8, 4) is 0 Å². The van der Waals surface area contributed by atoms with Gasteiger partial charge in [0.1, 0.15) is 25.0 Å². The lowest BCUT2D eigenvalue weighted by Gasteiger charge is -2.34. The zero-order valence-electron chi connectivity index (χ0n) is 9.99. The molecule has 0 bridgehead atoms. The lowest BCUT2D eigenvalue weighted by molar-refractivity contribution is -0.0295. The number of ether oxygens (including phenoxy) is 1. The van der Waals surface area contributed by atoms with E-state index in [0.29, 0.717) is 11.7 Å². The maximum Gasteiger partial charge on any atom is 0.194 e. The van der Waals surface area contributed by atoms with Crippen LogP contribution < -0.4 is 10.7 Å². The molecule has 104 valence electrons. The highest BCUT2D eigenvalue weighted by Crippen LogP contribution is 2.24. The van der Waals surface area contributed by atoms with Gasteiger partial charge in [0, 0.05) is 12.4 Å². The molecule has 2 aliphatic heterocycles. The van der Waals surface area contributed by atoms with E-state index in [1.807, 2.05) is 0 Å². The second-order valence-electron chi connectivity index (χ2n) is 4.45. The van der Waals surface area contributed by atoms with Crippen LogP contribution in [0.15, 0.2) is 17.4 Å². The first-order valence-electron chi connectivity index (χ1n) is 5.86. The largest absolute Gasteiger partial charge is 0.394 e. The summed E-state index contributed by atoms with van der Waals surface area (Å²) in [6.07, 6.45) is -0.734. The minimum atomic E-state index is -1.15. The summed E-state index contributed by atoms with van der Waals surface area (Å²) in [5.41, 5.74) is 5.71. The Morgan fingerprint density at radius 2 is 2.21 bits per heavy atom. The van der Waals surface area contributed by atoms with Crippen LogP contribution in [0.4, 0.5) is 0 Å².